The lowest BCUT2D eigenvalue weighted by Gasteiger charge is -2.14. The van der Waals surface area contributed by atoms with E-state index in [0.29, 0.717) is 22.6 Å². The molecule has 0 aromatic carbocycles. The van der Waals surface area contributed by atoms with E-state index in [9.17, 15) is 4.79 Å². The highest BCUT2D eigenvalue weighted by molar-refractivity contribution is 6.01. The maximum absolute atomic E-state index is 12.1. The number of carbonyl (C=O) groups is 1. The van der Waals surface area contributed by atoms with Crippen LogP contribution in [0.2, 0.25) is 0 Å². The average molecular weight is 227 g/mol. The Hall–Kier alpha value is -2.15. The van der Waals surface area contributed by atoms with E-state index in [1.165, 1.54) is 6.20 Å². The number of rotatable bonds is 1. The van der Waals surface area contributed by atoms with Gasteiger partial charge in [-0.15, -0.1) is 6.42 Å². The maximum Gasteiger partial charge on any atom is 0.184 e. The first kappa shape index (κ1) is 11.3. The Morgan fingerprint density at radius 3 is 2.76 bits per heavy atom. The number of ketones is 1. The van der Waals surface area contributed by atoms with E-state index in [1.54, 1.807) is 6.07 Å². The number of fused-ring (bicyclic) bond motifs is 1. The number of hydrogen-bond acceptors (Lipinski definition) is 3. The quantitative estimate of drug-likeness (QED) is 0.600. The van der Waals surface area contributed by atoms with Gasteiger partial charge < -0.3 is 4.98 Å². The van der Waals surface area contributed by atoms with Crippen molar-refractivity contribution in [3.8, 4) is 12.3 Å². The van der Waals surface area contributed by atoms with E-state index >= 15 is 0 Å². The van der Waals surface area contributed by atoms with Crippen LogP contribution in [0.3, 0.4) is 0 Å². The maximum atomic E-state index is 12.1. The molecular formula is C13H13N3O. The molecule has 0 atom stereocenters. The Labute approximate surface area is 99.5 Å². The van der Waals surface area contributed by atoms with E-state index in [-0.39, 0.29) is 5.78 Å². The average Bonchev–Trinajstić information content (AvgIpc) is 2.68. The second-order valence-electron chi connectivity index (χ2n) is 4.90. The molecule has 0 saturated carbocycles. The molecule has 2 rings (SSSR count). The molecule has 1 N–H and O–H groups in total. The predicted octanol–water partition coefficient (Wildman–Crippen LogP) is 2.17. The SMILES string of the molecule is C#Cc1cnc2[nH]c(C(=O)C(C)(C)C)cc2n1. The number of nitrogens with zero attached hydrogens (tertiary/aromatic N) is 2. The Morgan fingerprint density at radius 2 is 2.18 bits per heavy atom. The predicted molar refractivity (Wildman–Crippen MR) is 65.6 cm³/mol. The van der Waals surface area contributed by atoms with Crippen LogP contribution in [0.4, 0.5) is 0 Å². The zero-order valence-electron chi connectivity index (χ0n) is 10.0. The van der Waals surface area contributed by atoms with E-state index in [0.717, 1.165) is 0 Å². The summed E-state index contributed by atoms with van der Waals surface area (Å²) in [5.41, 5.74) is 1.74. The van der Waals surface area contributed by atoms with Gasteiger partial charge in [-0.1, -0.05) is 20.8 Å². The smallest absolute Gasteiger partial charge is 0.184 e. The molecule has 17 heavy (non-hydrogen) atoms. The fraction of sp³-hybridized carbons (Fsp3) is 0.308. The van der Waals surface area contributed by atoms with Crippen molar-refractivity contribution in [2.24, 2.45) is 5.41 Å². The highest BCUT2D eigenvalue weighted by Gasteiger charge is 2.24. The van der Waals surface area contributed by atoms with Gasteiger partial charge in [0, 0.05) is 5.41 Å². The van der Waals surface area contributed by atoms with Gasteiger partial charge in [0.25, 0.3) is 0 Å². The number of terminal acetylenes is 1. The Bertz CT molecular complexity index is 626. The summed E-state index contributed by atoms with van der Waals surface area (Å²) in [7, 11) is 0. The summed E-state index contributed by atoms with van der Waals surface area (Å²) >= 11 is 0. The molecule has 0 bridgehead atoms. The van der Waals surface area contributed by atoms with E-state index in [2.05, 4.69) is 20.9 Å². The normalized spacial score (nSPS) is 11.4. The molecule has 86 valence electrons. The third-order valence-corrected chi connectivity index (χ3v) is 2.41. The lowest BCUT2D eigenvalue weighted by Crippen LogP contribution is -2.20. The van der Waals surface area contributed by atoms with Gasteiger partial charge in [0.2, 0.25) is 0 Å². The van der Waals surface area contributed by atoms with Crippen LogP contribution in [0, 0.1) is 17.8 Å². The summed E-state index contributed by atoms with van der Waals surface area (Å²) in [6, 6.07) is 1.69. The van der Waals surface area contributed by atoms with E-state index in [4.69, 9.17) is 6.42 Å². The number of carbonyl (C=O) groups excluding carboxylic acids is 1. The summed E-state index contributed by atoms with van der Waals surface area (Å²) in [5.74, 6) is 2.44. The molecule has 0 saturated heterocycles. The number of aromatic amines is 1. The minimum Gasteiger partial charge on any atom is -0.335 e. The van der Waals surface area contributed by atoms with Crippen molar-refractivity contribution < 1.29 is 4.79 Å². The molecule has 0 aliphatic heterocycles. The molecule has 0 fully saturated rings. The topological polar surface area (TPSA) is 58.6 Å². The standard InChI is InChI=1S/C13H13N3O/c1-5-8-7-14-12-10(15-8)6-9(16-12)11(17)13(2,3)4/h1,6-7H,2-4H3,(H,14,16). The zero-order valence-corrected chi connectivity index (χ0v) is 10.0. The van der Waals surface area contributed by atoms with Crippen LogP contribution in [-0.2, 0) is 0 Å². The zero-order chi connectivity index (χ0) is 12.6. The number of hydrogen-bond donors (Lipinski definition) is 1. The van der Waals surface area contributed by atoms with Crippen molar-refractivity contribution in [1.29, 1.82) is 0 Å². The summed E-state index contributed by atoms with van der Waals surface area (Å²) in [5, 5.41) is 0. The highest BCUT2D eigenvalue weighted by atomic mass is 16.1. The molecule has 2 heterocycles. The van der Waals surface area contributed by atoms with Gasteiger partial charge in [-0.05, 0) is 12.0 Å². The Morgan fingerprint density at radius 1 is 1.47 bits per heavy atom. The molecule has 0 radical (unpaired) electrons. The van der Waals surface area contributed by atoms with Crippen molar-refractivity contribution in [3.63, 3.8) is 0 Å². The van der Waals surface area contributed by atoms with Crippen LogP contribution in [-0.4, -0.2) is 20.7 Å². The van der Waals surface area contributed by atoms with Crippen molar-refractivity contribution in [2.45, 2.75) is 20.8 Å². The van der Waals surface area contributed by atoms with Gasteiger partial charge >= 0.3 is 0 Å². The third kappa shape index (κ3) is 2.04. The molecule has 0 amide bonds. The molecular weight excluding hydrogens is 214 g/mol. The molecule has 0 aliphatic carbocycles. The number of aromatic nitrogens is 3. The van der Waals surface area contributed by atoms with Gasteiger partial charge in [-0.25, -0.2) is 9.97 Å². The number of H-pyrrole nitrogens is 1. The third-order valence-electron chi connectivity index (χ3n) is 2.41. The summed E-state index contributed by atoms with van der Waals surface area (Å²) in [6.45, 7) is 5.61. The number of Topliss-reactive ketones (excluding diaryl/α,β-unsaturated/α-hetero) is 1. The molecule has 0 spiro atoms. The van der Waals surface area contributed by atoms with Crippen molar-refractivity contribution in [2.75, 3.05) is 0 Å². The molecule has 4 heteroatoms. The van der Waals surface area contributed by atoms with E-state index < -0.39 is 5.41 Å². The second kappa shape index (κ2) is 3.70. The molecule has 0 unspecified atom stereocenters. The van der Waals surface area contributed by atoms with Gasteiger partial charge in [0.05, 0.1) is 11.9 Å². The minimum absolute atomic E-state index is 0.0274. The molecule has 0 aliphatic rings. The van der Waals surface area contributed by atoms with Crippen LogP contribution in [0.1, 0.15) is 37.0 Å². The Balaban J connectivity index is 2.53. The summed E-state index contributed by atoms with van der Waals surface area (Å²) in [4.78, 5) is 23.3. The van der Waals surface area contributed by atoms with Crippen molar-refractivity contribution in [1.82, 2.24) is 15.0 Å². The van der Waals surface area contributed by atoms with Crippen LogP contribution in [0.15, 0.2) is 12.3 Å². The first-order chi connectivity index (χ1) is 7.91. The monoisotopic (exact) mass is 227 g/mol. The molecule has 2 aromatic rings. The van der Waals surface area contributed by atoms with E-state index in [1.807, 2.05) is 20.8 Å². The van der Waals surface area contributed by atoms with Gasteiger partial charge in [0.1, 0.15) is 11.2 Å². The van der Waals surface area contributed by atoms with Gasteiger partial charge in [-0.2, -0.15) is 0 Å². The minimum atomic E-state index is -0.435. The first-order valence-corrected chi connectivity index (χ1v) is 5.29. The second-order valence-corrected chi connectivity index (χ2v) is 4.90. The van der Waals surface area contributed by atoms with Crippen molar-refractivity contribution in [3.05, 3.63) is 23.7 Å². The highest BCUT2D eigenvalue weighted by Crippen LogP contribution is 2.22. The lowest BCUT2D eigenvalue weighted by molar-refractivity contribution is 0.0854. The summed E-state index contributed by atoms with van der Waals surface area (Å²) < 4.78 is 0. The first-order valence-electron chi connectivity index (χ1n) is 5.29. The van der Waals surface area contributed by atoms with Crippen LogP contribution in [0.5, 0.6) is 0 Å². The molecule has 4 nitrogen and oxygen atoms in total. The largest absolute Gasteiger partial charge is 0.335 e. The van der Waals surface area contributed by atoms with Crippen LogP contribution < -0.4 is 0 Å². The van der Waals surface area contributed by atoms with Crippen LogP contribution >= 0.6 is 0 Å². The van der Waals surface area contributed by atoms with Gasteiger partial charge in [0.15, 0.2) is 11.4 Å². The van der Waals surface area contributed by atoms with Gasteiger partial charge in [-0.3, -0.25) is 4.79 Å². The summed E-state index contributed by atoms with van der Waals surface area (Å²) in [6.07, 6.45) is 6.75. The number of nitrogens with one attached hydrogen (secondary N) is 1. The van der Waals surface area contributed by atoms with Crippen LogP contribution in [0.25, 0.3) is 11.2 Å². The lowest BCUT2D eigenvalue weighted by atomic mass is 9.89. The fourth-order valence-electron chi connectivity index (χ4n) is 1.50. The van der Waals surface area contributed by atoms with Crippen molar-refractivity contribution >= 4 is 16.9 Å². The Kier molecular flexibility index (Phi) is 2.47. The fourth-order valence-corrected chi connectivity index (χ4v) is 1.50. The molecule has 2 aromatic heterocycles.